The molecule has 2 aromatic carbocycles. The highest BCUT2D eigenvalue weighted by Gasteiger charge is 2.10. The lowest BCUT2D eigenvalue weighted by molar-refractivity contribution is -0.117. The predicted molar refractivity (Wildman–Crippen MR) is 82.5 cm³/mol. The molecule has 2 aromatic rings. The summed E-state index contributed by atoms with van der Waals surface area (Å²) in [5.74, 6) is -1.80. The van der Waals surface area contributed by atoms with Crippen LogP contribution in [-0.2, 0) is 11.3 Å². The lowest BCUT2D eigenvalue weighted by atomic mass is 10.1. The van der Waals surface area contributed by atoms with Gasteiger partial charge in [-0.3, -0.25) is 9.69 Å². The third kappa shape index (κ3) is 4.63. The number of halogens is 2. The fraction of sp³-hybridized carbons (Fsp3) is 0.235. The largest absolute Gasteiger partial charge is 0.322 e. The number of rotatable bonds is 5. The van der Waals surface area contributed by atoms with Crippen LogP contribution in [0.4, 0.5) is 14.5 Å². The third-order valence-corrected chi connectivity index (χ3v) is 3.19. The molecule has 2 rings (SSSR count). The van der Waals surface area contributed by atoms with Gasteiger partial charge in [-0.2, -0.15) is 0 Å². The molecule has 0 aliphatic rings. The average Bonchev–Trinajstić information content (AvgIpc) is 2.44. The zero-order valence-electron chi connectivity index (χ0n) is 12.6. The van der Waals surface area contributed by atoms with Crippen molar-refractivity contribution in [2.45, 2.75) is 13.5 Å². The Hall–Kier alpha value is -2.27. The van der Waals surface area contributed by atoms with E-state index in [9.17, 15) is 13.6 Å². The number of amides is 1. The number of carbonyl (C=O) groups is 1. The number of hydrogen-bond donors (Lipinski definition) is 1. The molecule has 0 saturated carbocycles. The SMILES string of the molecule is Cc1ccc(CN(C)CC(=O)Nc2ccc(F)cc2F)cc1. The Morgan fingerprint density at radius 3 is 2.45 bits per heavy atom. The number of nitrogens with zero attached hydrogens (tertiary/aromatic N) is 1. The average molecular weight is 304 g/mol. The molecule has 0 unspecified atom stereocenters. The smallest absolute Gasteiger partial charge is 0.238 e. The fourth-order valence-electron chi connectivity index (χ4n) is 2.09. The Kier molecular flexibility index (Phi) is 5.22. The van der Waals surface area contributed by atoms with E-state index in [1.165, 1.54) is 11.6 Å². The summed E-state index contributed by atoms with van der Waals surface area (Å²) in [6.45, 7) is 2.74. The van der Waals surface area contributed by atoms with Crippen molar-refractivity contribution >= 4 is 11.6 Å². The van der Waals surface area contributed by atoms with Crippen molar-refractivity contribution in [2.24, 2.45) is 0 Å². The summed E-state index contributed by atoms with van der Waals surface area (Å²) in [7, 11) is 1.81. The molecule has 5 heteroatoms. The van der Waals surface area contributed by atoms with E-state index in [2.05, 4.69) is 5.32 Å². The van der Waals surface area contributed by atoms with Crippen LogP contribution in [0.15, 0.2) is 42.5 Å². The van der Waals surface area contributed by atoms with Crippen molar-refractivity contribution in [2.75, 3.05) is 18.9 Å². The quantitative estimate of drug-likeness (QED) is 0.919. The molecule has 0 aliphatic heterocycles. The van der Waals surface area contributed by atoms with Crippen LogP contribution < -0.4 is 5.32 Å². The van der Waals surface area contributed by atoms with Gasteiger partial charge in [-0.1, -0.05) is 29.8 Å². The van der Waals surface area contributed by atoms with Crippen LogP contribution in [0.3, 0.4) is 0 Å². The number of nitrogens with one attached hydrogen (secondary N) is 1. The number of benzene rings is 2. The van der Waals surface area contributed by atoms with Gasteiger partial charge in [0.15, 0.2) is 0 Å². The van der Waals surface area contributed by atoms with Gasteiger partial charge in [0.25, 0.3) is 0 Å². The maximum atomic E-state index is 13.5. The van der Waals surface area contributed by atoms with Gasteiger partial charge >= 0.3 is 0 Å². The second-order valence-electron chi connectivity index (χ2n) is 5.33. The summed E-state index contributed by atoms with van der Waals surface area (Å²) < 4.78 is 26.3. The Labute approximate surface area is 128 Å². The fourth-order valence-corrected chi connectivity index (χ4v) is 2.09. The van der Waals surface area contributed by atoms with Gasteiger partial charge in [0.05, 0.1) is 12.2 Å². The topological polar surface area (TPSA) is 32.3 Å². The highest BCUT2D eigenvalue weighted by atomic mass is 19.1. The molecule has 22 heavy (non-hydrogen) atoms. The van der Waals surface area contributed by atoms with Gasteiger partial charge in [0.1, 0.15) is 11.6 Å². The van der Waals surface area contributed by atoms with Gasteiger partial charge in [-0.25, -0.2) is 8.78 Å². The minimum atomic E-state index is -0.783. The number of carbonyl (C=O) groups excluding carboxylic acids is 1. The standard InChI is InChI=1S/C17H18F2N2O/c1-12-3-5-13(6-4-12)10-21(2)11-17(22)20-16-8-7-14(18)9-15(16)19/h3-9H,10-11H2,1-2H3,(H,20,22). The highest BCUT2D eigenvalue weighted by molar-refractivity contribution is 5.92. The van der Waals surface area contributed by atoms with E-state index < -0.39 is 11.6 Å². The number of hydrogen-bond acceptors (Lipinski definition) is 2. The van der Waals surface area contributed by atoms with Crippen LogP contribution in [0, 0.1) is 18.6 Å². The molecule has 116 valence electrons. The van der Waals surface area contributed by atoms with E-state index in [-0.39, 0.29) is 18.1 Å². The van der Waals surface area contributed by atoms with E-state index >= 15 is 0 Å². The van der Waals surface area contributed by atoms with Crippen molar-refractivity contribution in [1.82, 2.24) is 4.90 Å². The number of anilines is 1. The molecule has 0 radical (unpaired) electrons. The van der Waals surface area contributed by atoms with Crippen LogP contribution in [0.1, 0.15) is 11.1 Å². The van der Waals surface area contributed by atoms with Crippen molar-refractivity contribution in [3.8, 4) is 0 Å². The first kappa shape index (κ1) is 16.1. The second-order valence-corrected chi connectivity index (χ2v) is 5.33. The van der Waals surface area contributed by atoms with Gasteiger partial charge < -0.3 is 5.32 Å². The first-order valence-electron chi connectivity index (χ1n) is 6.93. The Bertz CT molecular complexity index is 656. The summed E-state index contributed by atoms with van der Waals surface area (Å²) in [5, 5.41) is 2.44. The molecular weight excluding hydrogens is 286 g/mol. The Balaban J connectivity index is 1.89. The summed E-state index contributed by atoms with van der Waals surface area (Å²) in [4.78, 5) is 13.7. The minimum Gasteiger partial charge on any atom is -0.322 e. The Morgan fingerprint density at radius 1 is 1.14 bits per heavy atom. The lowest BCUT2D eigenvalue weighted by Gasteiger charge is -2.16. The summed E-state index contributed by atoms with van der Waals surface area (Å²) in [5.41, 5.74) is 2.25. The summed E-state index contributed by atoms with van der Waals surface area (Å²) >= 11 is 0. The highest BCUT2D eigenvalue weighted by Crippen LogP contribution is 2.15. The van der Waals surface area contributed by atoms with E-state index in [1.807, 2.05) is 36.1 Å². The molecular formula is C17H18F2N2O. The predicted octanol–water partition coefficient (Wildman–Crippen LogP) is 3.34. The van der Waals surface area contributed by atoms with Crippen LogP contribution >= 0.6 is 0 Å². The third-order valence-electron chi connectivity index (χ3n) is 3.19. The van der Waals surface area contributed by atoms with E-state index in [0.717, 1.165) is 17.7 Å². The second kappa shape index (κ2) is 7.13. The first-order chi connectivity index (χ1) is 10.4. The zero-order chi connectivity index (χ0) is 16.1. The minimum absolute atomic E-state index is 0.0184. The number of aryl methyl sites for hydroxylation is 1. The van der Waals surface area contributed by atoms with Crippen molar-refractivity contribution < 1.29 is 13.6 Å². The monoisotopic (exact) mass is 304 g/mol. The van der Waals surface area contributed by atoms with Crippen LogP contribution in [0.5, 0.6) is 0 Å². The molecule has 0 atom stereocenters. The molecule has 0 bridgehead atoms. The van der Waals surface area contributed by atoms with Crippen molar-refractivity contribution in [1.29, 1.82) is 0 Å². The molecule has 0 saturated heterocycles. The zero-order valence-corrected chi connectivity index (χ0v) is 12.6. The molecule has 0 aliphatic carbocycles. The van der Waals surface area contributed by atoms with E-state index in [1.54, 1.807) is 7.05 Å². The van der Waals surface area contributed by atoms with Crippen LogP contribution in [0.25, 0.3) is 0 Å². The molecule has 1 amide bonds. The van der Waals surface area contributed by atoms with Gasteiger partial charge in [-0.15, -0.1) is 0 Å². The van der Waals surface area contributed by atoms with Gasteiger partial charge in [0, 0.05) is 12.6 Å². The van der Waals surface area contributed by atoms with Gasteiger partial charge in [0.2, 0.25) is 5.91 Å². The van der Waals surface area contributed by atoms with E-state index in [0.29, 0.717) is 6.54 Å². The summed E-state index contributed by atoms with van der Waals surface area (Å²) in [6, 6.07) is 11.1. The molecule has 0 heterocycles. The van der Waals surface area contributed by atoms with E-state index in [4.69, 9.17) is 0 Å². The summed E-state index contributed by atoms with van der Waals surface area (Å²) in [6.07, 6.45) is 0. The first-order valence-corrected chi connectivity index (χ1v) is 6.93. The van der Waals surface area contributed by atoms with Crippen LogP contribution in [0.2, 0.25) is 0 Å². The molecule has 1 N–H and O–H groups in total. The molecule has 0 fully saturated rings. The van der Waals surface area contributed by atoms with Crippen molar-refractivity contribution in [3.63, 3.8) is 0 Å². The maximum Gasteiger partial charge on any atom is 0.238 e. The number of likely N-dealkylation sites (N-methyl/N-ethyl adjacent to an activating group) is 1. The lowest BCUT2D eigenvalue weighted by Crippen LogP contribution is -2.30. The Morgan fingerprint density at radius 2 is 1.82 bits per heavy atom. The normalized spacial score (nSPS) is 10.8. The molecule has 0 spiro atoms. The van der Waals surface area contributed by atoms with Gasteiger partial charge in [-0.05, 0) is 31.7 Å². The maximum absolute atomic E-state index is 13.5. The molecule has 0 aromatic heterocycles. The molecule has 3 nitrogen and oxygen atoms in total. The van der Waals surface area contributed by atoms with Crippen molar-refractivity contribution in [3.05, 3.63) is 65.2 Å². The van der Waals surface area contributed by atoms with Crippen LogP contribution in [-0.4, -0.2) is 24.4 Å².